The average Bonchev–Trinajstić information content (AvgIpc) is 3.09. The second-order valence-corrected chi connectivity index (χ2v) is 5.41. The first-order valence-corrected chi connectivity index (χ1v) is 7.31. The van der Waals surface area contributed by atoms with Gasteiger partial charge in [-0.15, -0.1) is 5.10 Å². The number of aromatic nitrogens is 3. The summed E-state index contributed by atoms with van der Waals surface area (Å²) in [6.07, 6.45) is 4.78. The topological polar surface area (TPSA) is 46.4 Å². The molecule has 6 heteroatoms. The predicted molar refractivity (Wildman–Crippen MR) is 71.8 cm³/mol. The first-order valence-electron chi connectivity index (χ1n) is 7.31. The Morgan fingerprint density at radius 1 is 1.00 bits per heavy atom. The van der Waals surface area contributed by atoms with Gasteiger partial charge in [-0.2, -0.15) is 0 Å². The van der Waals surface area contributed by atoms with E-state index in [2.05, 4.69) is 26.3 Å². The monoisotopic (exact) mass is 265 g/mol. The summed E-state index contributed by atoms with van der Waals surface area (Å²) in [5.74, 6) is 0. The van der Waals surface area contributed by atoms with Crippen molar-refractivity contribution in [3.63, 3.8) is 0 Å². The number of hydrogen-bond acceptors (Lipinski definition) is 5. The Bertz CT molecular complexity index is 382. The van der Waals surface area contributed by atoms with E-state index in [0.717, 1.165) is 51.6 Å². The summed E-state index contributed by atoms with van der Waals surface area (Å²) in [5.41, 5.74) is 1.07. The van der Waals surface area contributed by atoms with Crippen LogP contribution in [0, 0.1) is 0 Å². The number of rotatable bonds is 5. The van der Waals surface area contributed by atoms with E-state index in [4.69, 9.17) is 4.74 Å². The first kappa shape index (κ1) is 13.0. The molecule has 2 aliphatic rings. The van der Waals surface area contributed by atoms with Crippen LogP contribution < -0.4 is 0 Å². The van der Waals surface area contributed by atoms with E-state index in [1.807, 2.05) is 4.68 Å². The van der Waals surface area contributed by atoms with Crippen molar-refractivity contribution in [2.24, 2.45) is 0 Å². The lowest BCUT2D eigenvalue weighted by Gasteiger charge is -2.25. The molecule has 0 bridgehead atoms. The van der Waals surface area contributed by atoms with E-state index in [-0.39, 0.29) is 0 Å². The molecule has 0 N–H and O–H groups in total. The molecule has 3 rings (SSSR count). The van der Waals surface area contributed by atoms with Crippen molar-refractivity contribution < 1.29 is 4.74 Å². The van der Waals surface area contributed by atoms with Crippen LogP contribution in [0.2, 0.25) is 0 Å². The lowest BCUT2D eigenvalue weighted by Crippen LogP contribution is -2.35. The van der Waals surface area contributed by atoms with Gasteiger partial charge in [0.1, 0.15) is 0 Å². The summed E-state index contributed by atoms with van der Waals surface area (Å²) in [5, 5.41) is 8.49. The van der Waals surface area contributed by atoms with Crippen LogP contribution in [0.4, 0.5) is 0 Å². The van der Waals surface area contributed by atoms with Crippen molar-refractivity contribution in [1.29, 1.82) is 0 Å². The Hall–Kier alpha value is -0.980. The molecular formula is C13H23N5O. The van der Waals surface area contributed by atoms with Crippen molar-refractivity contribution in [2.75, 3.05) is 45.9 Å². The summed E-state index contributed by atoms with van der Waals surface area (Å²) >= 11 is 0. The SMILES string of the molecule is c1c(CN2CCOCC2)nnn1CCN1CCCC1. The molecule has 2 aliphatic heterocycles. The van der Waals surface area contributed by atoms with Gasteiger partial charge in [0, 0.05) is 32.4 Å². The van der Waals surface area contributed by atoms with Crippen LogP contribution in [-0.4, -0.2) is 70.7 Å². The largest absolute Gasteiger partial charge is 0.379 e. The van der Waals surface area contributed by atoms with Crippen molar-refractivity contribution >= 4 is 0 Å². The summed E-state index contributed by atoms with van der Waals surface area (Å²) in [6, 6.07) is 0. The number of ether oxygens (including phenoxy) is 1. The predicted octanol–water partition coefficient (Wildman–Crippen LogP) is 0.206. The van der Waals surface area contributed by atoms with E-state index < -0.39 is 0 Å². The van der Waals surface area contributed by atoms with Crippen LogP contribution in [0.3, 0.4) is 0 Å². The fourth-order valence-corrected chi connectivity index (χ4v) is 2.76. The first-order chi connectivity index (χ1) is 9.40. The zero-order chi connectivity index (χ0) is 12.9. The Kier molecular flexibility index (Phi) is 4.42. The van der Waals surface area contributed by atoms with Gasteiger partial charge < -0.3 is 9.64 Å². The molecule has 0 saturated carbocycles. The fourth-order valence-electron chi connectivity index (χ4n) is 2.76. The van der Waals surface area contributed by atoms with E-state index in [1.54, 1.807) is 0 Å². The van der Waals surface area contributed by atoms with Gasteiger partial charge in [-0.25, -0.2) is 0 Å². The Morgan fingerprint density at radius 3 is 2.58 bits per heavy atom. The average molecular weight is 265 g/mol. The molecule has 0 aromatic carbocycles. The molecule has 0 aliphatic carbocycles. The lowest BCUT2D eigenvalue weighted by atomic mass is 10.3. The maximum atomic E-state index is 5.35. The standard InChI is InChI=1S/C13H23N5O/c1-2-4-16(3-1)5-6-18-12-13(14-15-18)11-17-7-9-19-10-8-17/h12H,1-11H2. The second-order valence-electron chi connectivity index (χ2n) is 5.41. The molecule has 19 heavy (non-hydrogen) atoms. The molecular weight excluding hydrogens is 242 g/mol. The van der Waals surface area contributed by atoms with Crippen LogP contribution in [0.25, 0.3) is 0 Å². The van der Waals surface area contributed by atoms with Gasteiger partial charge in [-0.05, 0) is 25.9 Å². The number of morpholine rings is 1. The zero-order valence-corrected chi connectivity index (χ0v) is 11.5. The highest BCUT2D eigenvalue weighted by atomic mass is 16.5. The molecule has 2 fully saturated rings. The van der Waals surface area contributed by atoms with E-state index in [1.165, 1.54) is 25.9 Å². The van der Waals surface area contributed by atoms with Crippen molar-refractivity contribution in [3.8, 4) is 0 Å². The van der Waals surface area contributed by atoms with Crippen LogP contribution in [0.15, 0.2) is 6.20 Å². The normalized spacial score (nSPS) is 22.1. The van der Waals surface area contributed by atoms with Crippen LogP contribution >= 0.6 is 0 Å². The van der Waals surface area contributed by atoms with Gasteiger partial charge >= 0.3 is 0 Å². The van der Waals surface area contributed by atoms with Crippen LogP contribution in [0.1, 0.15) is 18.5 Å². The molecule has 0 atom stereocenters. The minimum absolute atomic E-state index is 0.836. The molecule has 0 amide bonds. The number of likely N-dealkylation sites (tertiary alicyclic amines) is 1. The van der Waals surface area contributed by atoms with E-state index in [9.17, 15) is 0 Å². The minimum Gasteiger partial charge on any atom is -0.379 e. The number of hydrogen-bond donors (Lipinski definition) is 0. The summed E-state index contributed by atoms with van der Waals surface area (Å²) in [7, 11) is 0. The van der Waals surface area contributed by atoms with Gasteiger partial charge in [0.2, 0.25) is 0 Å². The zero-order valence-electron chi connectivity index (χ0n) is 11.5. The summed E-state index contributed by atoms with van der Waals surface area (Å²) in [4.78, 5) is 4.88. The van der Waals surface area contributed by atoms with Gasteiger partial charge in [-0.3, -0.25) is 9.58 Å². The fraction of sp³-hybridized carbons (Fsp3) is 0.846. The Morgan fingerprint density at radius 2 is 1.79 bits per heavy atom. The molecule has 2 saturated heterocycles. The van der Waals surface area contributed by atoms with Gasteiger partial charge in [-0.1, -0.05) is 5.21 Å². The minimum atomic E-state index is 0.836. The highest BCUT2D eigenvalue weighted by Gasteiger charge is 2.14. The van der Waals surface area contributed by atoms with E-state index >= 15 is 0 Å². The third-order valence-electron chi connectivity index (χ3n) is 3.92. The second kappa shape index (κ2) is 6.45. The van der Waals surface area contributed by atoms with Gasteiger partial charge in [0.05, 0.1) is 25.5 Å². The molecule has 106 valence electrons. The highest BCUT2D eigenvalue weighted by Crippen LogP contribution is 2.07. The third-order valence-corrected chi connectivity index (χ3v) is 3.92. The van der Waals surface area contributed by atoms with Crippen molar-refractivity contribution in [1.82, 2.24) is 24.8 Å². The maximum Gasteiger partial charge on any atom is 0.0967 e. The van der Waals surface area contributed by atoms with Crippen LogP contribution in [0.5, 0.6) is 0 Å². The van der Waals surface area contributed by atoms with Crippen molar-refractivity contribution in [3.05, 3.63) is 11.9 Å². The van der Waals surface area contributed by atoms with Gasteiger partial charge in [0.25, 0.3) is 0 Å². The quantitative estimate of drug-likeness (QED) is 0.761. The van der Waals surface area contributed by atoms with E-state index in [0.29, 0.717) is 0 Å². The Balaban J connectivity index is 1.45. The van der Waals surface area contributed by atoms with Crippen molar-refractivity contribution in [2.45, 2.75) is 25.9 Å². The molecule has 0 spiro atoms. The molecule has 0 unspecified atom stereocenters. The Labute approximate surface area is 114 Å². The third kappa shape index (κ3) is 3.75. The molecule has 0 radical (unpaired) electrons. The highest BCUT2D eigenvalue weighted by molar-refractivity contribution is 4.92. The number of nitrogens with zero attached hydrogens (tertiary/aromatic N) is 5. The molecule has 6 nitrogen and oxygen atoms in total. The maximum absolute atomic E-state index is 5.35. The molecule has 1 aromatic rings. The molecule has 1 aromatic heterocycles. The smallest absolute Gasteiger partial charge is 0.0967 e. The lowest BCUT2D eigenvalue weighted by molar-refractivity contribution is 0.0336. The summed E-state index contributed by atoms with van der Waals surface area (Å²) < 4.78 is 7.33. The van der Waals surface area contributed by atoms with Gasteiger partial charge in [0.15, 0.2) is 0 Å². The van der Waals surface area contributed by atoms with Crippen LogP contribution in [-0.2, 0) is 17.8 Å². The molecule has 3 heterocycles. The summed E-state index contributed by atoms with van der Waals surface area (Å²) in [6.45, 7) is 9.11.